The van der Waals surface area contributed by atoms with Crippen molar-refractivity contribution in [2.24, 2.45) is 0 Å². The molecule has 0 spiro atoms. The van der Waals surface area contributed by atoms with Gasteiger partial charge in [0.1, 0.15) is 6.61 Å². The van der Waals surface area contributed by atoms with E-state index in [2.05, 4.69) is 74.6 Å². The molecule has 5 nitrogen and oxygen atoms in total. The summed E-state index contributed by atoms with van der Waals surface area (Å²) < 4.78 is 10.5. The second kappa shape index (κ2) is 35.1. The third-order valence-corrected chi connectivity index (χ3v) is 7.30. The van der Waals surface area contributed by atoms with Gasteiger partial charge in [0.25, 0.3) is 0 Å². The number of esters is 2. The summed E-state index contributed by atoms with van der Waals surface area (Å²) >= 11 is 0. The van der Waals surface area contributed by atoms with Gasteiger partial charge in [0.2, 0.25) is 0 Å². The van der Waals surface area contributed by atoms with Crippen LogP contribution in [0.25, 0.3) is 0 Å². The summed E-state index contributed by atoms with van der Waals surface area (Å²) in [6.45, 7) is 3.95. The molecule has 0 aliphatic carbocycles. The standard InChI is InChI=1S/C39H66O5/c1-3-5-7-9-11-13-15-17-19-21-23-25-27-29-31-33-38(41)43-36-37(35-40)44-39(42)34-32-30-28-26-24-22-20-18-16-14-12-10-8-6-4-2/h6,8,12,14,17-20,24,26,37,40H,3-5,7,9-11,13,15-16,21-23,25,27-36H2,1-2H3. The molecule has 0 amide bonds. The molecule has 0 saturated heterocycles. The largest absolute Gasteiger partial charge is 0.462 e. The molecule has 0 aliphatic heterocycles. The molecule has 44 heavy (non-hydrogen) atoms. The van der Waals surface area contributed by atoms with Gasteiger partial charge in [-0.25, -0.2) is 0 Å². The van der Waals surface area contributed by atoms with Crippen LogP contribution in [0.5, 0.6) is 0 Å². The third kappa shape index (κ3) is 32.5. The number of aliphatic hydroxyl groups excluding tert-OH is 1. The number of rotatable bonds is 31. The zero-order valence-electron chi connectivity index (χ0n) is 28.4. The van der Waals surface area contributed by atoms with Crippen LogP contribution in [0.1, 0.15) is 155 Å². The van der Waals surface area contributed by atoms with Crippen LogP contribution in [0.4, 0.5) is 0 Å². The van der Waals surface area contributed by atoms with Crippen LogP contribution in [0.15, 0.2) is 60.8 Å². The molecule has 0 aromatic heterocycles. The Morgan fingerprint density at radius 1 is 0.545 bits per heavy atom. The van der Waals surface area contributed by atoms with Gasteiger partial charge < -0.3 is 14.6 Å². The van der Waals surface area contributed by atoms with Gasteiger partial charge in [-0.3, -0.25) is 9.59 Å². The zero-order valence-corrected chi connectivity index (χ0v) is 28.4. The van der Waals surface area contributed by atoms with E-state index in [1.54, 1.807) is 0 Å². The van der Waals surface area contributed by atoms with Crippen LogP contribution in [0.2, 0.25) is 0 Å². The molecule has 0 aromatic rings. The Kier molecular flexibility index (Phi) is 33.2. The van der Waals surface area contributed by atoms with E-state index in [4.69, 9.17) is 9.47 Å². The lowest BCUT2D eigenvalue weighted by Gasteiger charge is -2.15. The van der Waals surface area contributed by atoms with E-state index in [0.717, 1.165) is 70.6 Å². The van der Waals surface area contributed by atoms with Gasteiger partial charge >= 0.3 is 11.9 Å². The molecule has 0 aromatic carbocycles. The SMILES string of the molecule is CCC=CCC=CCC=CCC=CCCCCC(=O)OC(CO)COC(=O)CCCCCCCC=CCCCCCCCC. The van der Waals surface area contributed by atoms with Gasteiger partial charge in [-0.1, -0.05) is 126 Å². The summed E-state index contributed by atoms with van der Waals surface area (Å²) in [4.78, 5) is 24.1. The van der Waals surface area contributed by atoms with Gasteiger partial charge in [-0.15, -0.1) is 0 Å². The van der Waals surface area contributed by atoms with E-state index in [1.807, 2.05) is 0 Å². The third-order valence-electron chi connectivity index (χ3n) is 7.30. The number of hydrogen-bond acceptors (Lipinski definition) is 5. The highest BCUT2D eigenvalue weighted by molar-refractivity contribution is 5.70. The lowest BCUT2D eigenvalue weighted by molar-refractivity contribution is -0.161. The Balaban J connectivity index is 3.68. The first kappa shape index (κ1) is 41.6. The first-order valence-corrected chi connectivity index (χ1v) is 17.8. The number of allylic oxidation sites excluding steroid dienone is 10. The lowest BCUT2D eigenvalue weighted by atomic mass is 10.1. The summed E-state index contributed by atoms with van der Waals surface area (Å²) in [6, 6.07) is 0. The number of aliphatic hydroxyl groups is 1. The number of unbranched alkanes of at least 4 members (excludes halogenated alkanes) is 13. The van der Waals surface area contributed by atoms with Crippen LogP contribution in [-0.4, -0.2) is 36.4 Å². The highest BCUT2D eigenvalue weighted by atomic mass is 16.6. The summed E-state index contributed by atoms with van der Waals surface area (Å²) in [7, 11) is 0. The summed E-state index contributed by atoms with van der Waals surface area (Å²) in [5.41, 5.74) is 0. The minimum absolute atomic E-state index is 0.0892. The van der Waals surface area contributed by atoms with Crippen molar-refractivity contribution in [2.75, 3.05) is 13.2 Å². The zero-order chi connectivity index (χ0) is 32.2. The van der Waals surface area contributed by atoms with Crippen LogP contribution in [-0.2, 0) is 19.1 Å². The molecular formula is C39H66O5. The van der Waals surface area contributed by atoms with Crippen molar-refractivity contribution in [2.45, 2.75) is 161 Å². The summed E-state index contributed by atoms with van der Waals surface area (Å²) in [6.07, 6.45) is 44.2. The molecule has 0 radical (unpaired) electrons. The second-order valence-electron chi connectivity index (χ2n) is 11.6. The number of carbonyl (C=O) groups is 2. The first-order chi connectivity index (χ1) is 21.6. The van der Waals surface area contributed by atoms with Gasteiger partial charge in [0, 0.05) is 12.8 Å². The maximum absolute atomic E-state index is 12.1. The monoisotopic (exact) mass is 614 g/mol. The molecular weight excluding hydrogens is 548 g/mol. The summed E-state index contributed by atoms with van der Waals surface area (Å²) in [5, 5.41) is 9.51. The van der Waals surface area contributed by atoms with Crippen molar-refractivity contribution in [3.63, 3.8) is 0 Å². The molecule has 1 N–H and O–H groups in total. The lowest BCUT2D eigenvalue weighted by Crippen LogP contribution is -2.28. The molecule has 1 atom stereocenters. The topological polar surface area (TPSA) is 72.8 Å². The van der Waals surface area contributed by atoms with E-state index in [0.29, 0.717) is 12.8 Å². The normalized spacial score (nSPS) is 12.9. The molecule has 0 bridgehead atoms. The Morgan fingerprint density at radius 3 is 1.55 bits per heavy atom. The van der Waals surface area contributed by atoms with Crippen molar-refractivity contribution < 1.29 is 24.2 Å². The van der Waals surface area contributed by atoms with E-state index < -0.39 is 6.10 Å². The Bertz CT molecular complexity index is 792. The van der Waals surface area contributed by atoms with Crippen LogP contribution < -0.4 is 0 Å². The molecule has 1 unspecified atom stereocenters. The predicted octanol–water partition coefficient (Wildman–Crippen LogP) is 10.8. The summed E-state index contributed by atoms with van der Waals surface area (Å²) in [5.74, 6) is -0.655. The Labute approximate surface area is 271 Å². The average Bonchev–Trinajstić information content (AvgIpc) is 3.02. The smallest absolute Gasteiger partial charge is 0.306 e. The van der Waals surface area contributed by atoms with Crippen LogP contribution in [0.3, 0.4) is 0 Å². The fraction of sp³-hybridized carbons (Fsp3) is 0.692. The molecule has 252 valence electrons. The van der Waals surface area contributed by atoms with Gasteiger partial charge in [0.15, 0.2) is 6.10 Å². The van der Waals surface area contributed by atoms with Gasteiger partial charge in [-0.2, -0.15) is 0 Å². The fourth-order valence-electron chi connectivity index (χ4n) is 4.60. The van der Waals surface area contributed by atoms with Crippen molar-refractivity contribution >= 4 is 11.9 Å². The van der Waals surface area contributed by atoms with E-state index in [-0.39, 0.29) is 25.2 Å². The molecule has 0 rings (SSSR count). The molecule has 0 aliphatic rings. The molecule has 0 heterocycles. The van der Waals surface area contributed by atoms with Crippen molar-refractivity contribution in [1.29, 1.82) is 0 Å². The fourth-order valence-corrected chi connectivity index (χ4v) is 4.60. The molecule has 0 saturated carbocycles. The van der Waals surface area contributed by atoms with E-state index in [1.165, 1.54) is 57.8 Å². The van der Waals surface area contributed by atoms with E-state index in [9.17, 15) is 14.7 Å². The average molecular weight is 615 g/mol. The Hall–Kier alpha value is -2.40. The number of hydrogen-bond donors (Lipinski definition) is 1. The van der Waals surface area contributed by atoms with Crippen LogP contribution in [0, 0.1) is 0 Å². The minimum atomic E-state index is -0.796. The van der Waals surface area contributed by atoms with Crippen molar-refractivity contribution in [1.82, 2.24) is 0 Å². The maximum Gasteiger partial charge on any atom is 0.306 e. The van der Waals surface area contributed by atoms with Crippen molar-refractivity contribution in [3.05, 3.63) is 60.8 Å². The quantitative estimate of drug-likeness (QED) is 0.0478. The molecule has 5 heteroatoms. The van der Waals surface area contributed by atoms with Crippen molar-refractivity contribution in [3.8, 4) is 0 Å². The van der Waals surface area contributed by atoms with E-state index >= 15 is 0 Å². The predicted molar refractivity (Wildman–Crippen MR) is 187 cm³/mol. The highest BCUT2D eigenvalue weighted by Gasteiger charge is 2.16. The van der Waals surface area contributed by atoms with Gasteiger partial charge in [-0.05, 0) is 77.0 Å². The molecule has 0 fully saturated rings. The maximum atomic E-state index is 12.1. The number of ether oxygens (including phenoxy) is 2. The van der Waals surface area contributed by atoms with Gasteiger partial charge in [0.05, 0.1) is 6.61 Å². The highest BCUT2D eigenvalue weighted by Crippen LogP contribution is 2.11. The second-order valence-corrected chi connectivity index (χ2v) is 11.6. The van der Waals surface area contributed by atoms with Crippen LogP contribution >= 0.6 is 0 Å². The Morgan fingerprint density at radius 2 is 0.977 bits per heavy atom. The minimum Gasteiger partial charge on any atom is -0.462 e. The first-order valence-electron chi connectivity index (χ1n) is 17.8. The number of carbonyl (C=O) groups excluding carboxylic acids is 2.